The fraction of sp³-hybridized carbons (Fsp3) is 0.333. The van der Waals surface area contributed by atoms with Crippen LogP contribution in [0.3, 0.4) is 0 Å². The second-order valence-corrected chi connectivity index (χ2v) is 7.60. The van der Waals surface area contributed by atoms with Gasteiger partial charge in [0.25, 0.3) is 0 Å². The van der Waals surface area contributed by atoms with E-state index in [1.807, 2.05) is 31.2 Å². The molecule has 1 amide bonds. The molecule has 0 aliphatic rings. The third-order valence-electron chi connectivity index (χ3n) is 4.50. The van der Waals surface area contributed by atoms with Crippen LogP contribution in [0.25, 0.3) is 11.0 Å². The first kappa shape index (κ1) is 19.3. The number of carbonyl (C=O) groups is 1. The van der Waals surface area contributed by atoms with Gasteiger partial charge in [0.1, 0.15) is 6.54 Å². The highest BCUT2D eigenvalue weighted by Gasteiger charge is 2.13. The Bertz CT molecular complexity index is 973. The van der Waals surface area contributed by atoms with Gasteiger partial charge in [-0.05, 0) is 31.5 Å². The topological polar surface area (TPSA) is 56.0 Å². The van der Waals surface area contributed by atoms with Crippen LogP contribution in [0.1, 0.15) is 18.1 Å². The van der Waals surface area contributed by atoms with Gasteiger partial charge in [0.05, 0.1) is 11.0 Å². The van der Waals surface area contributed by atoms with Crippen molar-refractivity contribution in [3.8, 4) is 0 Å². The minimum atomic E-state index is -0.136. The Morgan fingerprint density at radius 3 is 2.37 bits per heavy atom. The molecule has 0 atom stereocenters. The van der Waals surface area contributed by atoms with E-state index >= 15 is 0 Å². The van der Waals surface area contributed by atoms with Crippen LogP contribution < -0.4 is 11.0 Å². The maximum Gasteiger partial charge on any atom is 0.329 e. The molecule has 1 aromatic heterocycles. The van der Waals surface area contributed by atoms with Crippen molar-refractivity contribution in [1.29, 1.82) is 0 Å². The molecule has 6 heteroatoms. The number of nitrogens with one attached hydrogen (secondary N) is 1. The van der Waals surface area contributed by atoms with Gasteiger partial charge >= 0.3 is 5.69 Å². The third-order valence-corrected chi connectivity index (χ3v) is 5.53. The van der Waals surface area contributed by atoms with Gasteiger partial charge in [0.15, 0.2) is 0 Å². The number of imidazole rings is 1. The van der Waals surface area contributed by atoms with Crippen molar-refractivity contribution in [2.45, 2.75) is 32.7 Å². The Labute approximate surface area is 163 Å². The van der Waals surface area contributed by atoms with Gasteiger partial charge in [-0.2, -0.15) is 11.8 Å². The van der Waals surface area contributed by atoms with E-state index in [1.165, 1.54) is 11.1 Å². The largest absolute Gasteiger partial charge is 0.354 e. The van der Waals surface area contributed by atoms with Crippen LogP contribution in [0, 0.1) is 6.92 Å². The summed E-state index contributed by atoms with van der Waals surface area (Å²) in [5.41, 5.74) is 4.08. The zero-order chi connectivity index (χ0) is 19.2. The Morgan fingerprint density at radius 1 is 1.04 bits per heavy atom. The maximum absolute atomic E-state index is 12.6. The highest BCUT2D eigenvalue weighted by atomic mass is 32.2. The fourth-order valence-electron chi connectivity index (χ4n) is 3.07. The molecule has 3 rings (SSSR count). The first-order chi connectivity index (χ1) is 13.1. The molecule has 0 unspecified atom stereocenters. The summed E-state index contributed by atoms with van der Waals surface area (Å²) in [6.45, 7) is 5.24. The van der Waals surface area contributed by atoms with E-state index in [-0.39, 0.29) is 18.1 Å². The van der Waals surface area contributed by atoms with E-state index in [2.05, 4.69) is 36.5 Å². The Morgan fingerprint density at radius 2 is 1.70 bits per heavy atom. The lowest BCUT2D eigenvalue weighted by molar-refractivity contribution is -0.121. The molecule has 0 aliphatic heterocycles. The first-order valence-corrected chi connectivity index (χ1v) is 10.3. The Kier molecular flexibility index (Phi) is 6.40. The number of hydrogen-bond acceptors (Lipinski definition) is 3. The summed E-state index contributed by atoms with van der Waals surface area (Å²) in [6.07, 6.45) is 0. The molecule has 1 N–H and O–H groups in total. The molecule has 2 aromatic carbocycles. The molecule has 0 saturated heterocycles. The summed E-state index contributed by atoms with van der Waals surface area (Å²) in [6, 6.07) is 16.1. The van der Waals surface area contributed by atoms with Crippen molar-refractivity contribution in [2.24, 2.45) is 0 Å². The quantitative estimate of drug-likeness (QED) is 0.608. The summed E-state index contributed by atoms with van der Waals surface area (Å²) in [4.78, 5) is 24.8. The second kappa shape index (κ2) is 8.95. The number of thioether (sulfide) groups is 1. The third kappa shape index (κ3) is 4.63. The minimum absolute atomic E-state index is 0.0506. The Balaban J connectivity index is 1.51. The van der Waals surface area contributed by atoms with Crippen LogP contribution in [-0.4, -0.2) is 27.3 Å². The molecule has 0 saturated carbocycles. The number of fused-ring (bicyclic) bond motifs is 1. The molecule has 0 spiro atoms. The van der Waals surface area contributed by atoms with Gasteiger partial charge in [-0.25, -0.2) is 4.79 Å². The predicted octanol–water partition coefficient (Wildman–Crippen LogP) is 3.18. The van der Waals surface area contributed by atoms with Crippen LogP contribution in [-0.2, 0) is 23.6 Å². The van der Waals surface area contributed by atoms with E-state index < -0.39 is 0 Å². The molecule has 27 heavy (non-hydrogen) atoms. The molecular weight excluding hydrogens is 358 g/mol. The van der Waals surface area contributed by atoms with Gasteiger partial charge in [0.2, 0.25) is 5.91 Å². The van der Waals surface area contributed by atoms with Crippen LogP contribution in [0.5, 0.6) is 0 Å². The van der Waals surface area contributed by atoms with Gasteiger partial charge in [0, 0.05) is 24.6 Å². The first-order valence-electron chi connectivity index (χ1n) is 9.18. The lowest BCUT2D eigenvalue weighted by Gasteiger charge is -2.07. The number of hydrogen-bond donors (Lipinski definition) is 1. The average molecular weight is 384 g/mol. The van der Waals surface area contributed by atoms with E-state index in [1.54, 1.807) is 20.9 Å². The van der Waals surface area contributed by atoms with Gasteiger partial charge in [-0.1, -0.05) is 42.0 Å². The van der Waals surface area contributed by atoms with Crippen molar-refractivity contribution in [2.75, 3.05) is 12.3 Å². The number of benzene rings is 2. The smallest absolute Gasteiger partial charge is 0.329 e. The van der Waals surface area contributed by atoms with Crippen molar-refractivity contribution in [3.05, 3.63) is 70.1 Å². The monoisotopic (exact) mass is 383 g/mol. The molecule has 0 aliphatic carbocycles. The van der Waals surface area contributed by atoms with Gasteiger partial charge < -0.3 is 5.32 Å². The highest BCUT2D eigenvalue weighted by molar-refractivity contribution is 7.98. The van der Waals surface area contributed by atoms with Crippen molar-refractivity contribution < 1.29 is 4.79 Å². The summed E-state index contributed by atoms with van der Waals surface area (Å²) in [7, 11) is 0. The highest BCUT2D eigenvalue weighted by Crippen LogP contribution is 2.13. The number of rotatable bonds is 8. The molecule has 0 bridgehead atoms. The lowest BCUT2D eigenvalue weighted by Crippen LogP contribution is -2.34. The van der Waals surface area contributed by atoms with Crippen molar-refractivity contribution in [3.63, 3.8) is 0 Å². The van der Waals surface area contributed by atoms with Crippen LogP contribution >= 0.6 is 11.8 Å². The van der Waals surface area contributed by atoms with Crippen molar-refractivity contribution >= 4 is 28.7 Å². The number of aromatic nitrogens is 2. The number of carbonyl (C=O) groups excluding carboxylic acids is 1. The van der Waals surface area contributed by atoms with Gasteiger partial charge in [-0.15, -0.1) is 0 Å². The summed E-state index contributed by atoms with van der Waals surface area (Å²) in [5.74, 6) is 1.64. The molecule has 3 aromatic rings. The number of aryl methyl sites for hydroxylation is 2. The average Bonchev–Trinajstić information content (AvgIpc) is 2.94. The van der Waals surface area contributed by atoms with Crippen molar-refractivity contribution in [1.82, 2.24) is 14.5 Å². The molecule has 5 nitrogen and oxygen atoms in total. The Hall–Kier alpha value is -2.47. The summed E-state index contributed by atoms with van der Waals surface area (Å²) in [5, 5.41) is 2.92. The number of nitrogens with zero attached hydrogens (tertiary/aromatic N) is 2. The van der Waals surface area contributed by atoms with Crippen LogP contribution in [0.15, 0.2) is 53.3 Å². The fourth-order valence-corrected chi connectivity index (χ4v) is 3.89. The van der Waals surface area contributed by atoms with E-state index in [4.69, 9.17) is 0 Å². The van der Waals surface area contributed by atoms with Crippen LogP contribution in [0.2, 0.25) is 0 Å². The van der Waals surface area contributed by atoms with Crippen LogP contribution in [0.4, 0.5) is 0 Å². The molecule has 0 radical (unpaired) electrons. The maximum atomic E-state index is 12.6. The second-order valence-electron chi connectivity index (χ2n) is 6.49. The summed E-state index contributed by atoms with van der Waals surface area (Å²) < 4.78 is 3.24. The van der Waals surface area contributed by atoms with E-state index in [0.717, 1.165) is 22.5 Å². The predicted molar refractivity (Wildman–Crippen MR) is 112 cm³/mol. The molecular formula is C21H25N3O2S. The van der Waals surface area contributed by atoms with Gasteiger partial charge in [-0.3, -0.25) is 13.9 Å². The number of amides is 1. The zero-order valence-electron chi connectivity index (χ0n) is 15.8. The molecule has 1 heterocycles. The number of para-hydroxylation sites is 2. The zero-order valence-corrected chi connectivity index (χ0v) is 16.6. The lowest BCUT2D eigenvalue weighted by atomic mass is 10.2. The van der Waals surface area contributed by atoms with E-state index in [0.29, 0.717) is 13.1 Å². The normalized spacial score (nSPS) is 11.0. The van der Waals surface area contributed by atoms with E-state index in [9.17, 15) is 9.59 Å². The standard InChI is InChI=1S/C21H25N3O2S/c1-3-23-18-6-4-5-7-19(18)24(21(23)26)14-20(25)22-12-13-27-15-17-10-8-16(2)9-11-17/h4-11H,3,12-15H2,1-2H3,(H,22,25). The minimum Gasteiger partial charge on any atom is -0.354 e. The molecule has 142 valence electrons. The SMILES string of the molecule is CCn1c(=O)n(CC(=O)NCCSCc2ccc(C)cc2)c2ccccc21. The molecule has 0 fully saturated rings. The summed E-state index contributed by atoms with van der Waals surface area (Å²) >= 11 is 1.79.